The molecule has 0 unspecified atom stereocenters. The summed E-state index contributed by atoms with van der Waals surface area (Å²) in [6.07, 6.45) is 0. The molecule has 0 radical (unpaired) electrons. The number of para-hydroxylation sites is 4. The smallest absolute Gasteiger partial charge is 0.165 e. The lowest BCUT2D eigenvalue weighted by molar-refractivity contribution is 1.08. The molecule has 5 heterocycles. The Hall–Kier alpha value is -5.74. The van der Waals surface area contributed by atoms with Gasteiger partial charge in [-0.05, 0) is 29.7 Å². The minimum absolute atomic E-state index is 0.851. The highest BCUT2D eigenvalue weighted by Crippen LogP contribution is 2.49. The molecule has 0 fully saturated rings. The summed E-state index contributed by atoms with van der Waals surface area (Å²) in [5.41, 5.74) is 9.90. The van der Waals surface area contributed by atoms with E-state index in [2.05, 4.69) is 106 Å². The van der Waals surface area contributed by atoms with Crippen LogP contribution in [0.25, 0.3) is 98.8 Å². The molecule has 0 aliphatic rings. The van der Waals surface area contributed by atoms with Crippen LogP contribution in [0, 0.1) is 0 Å². The van der Waals surface area contributed by atoms with Crippen LogP contribution in [-0.2, 0) is 0 Å². The van der Waals surface area contributed by atoms with Crippen molar-refractivity contribution in [2.75, 3.05) is 0 Å². The predicted octanol–water partition coefficient (Wildman–Crippen LogP) is 9.57. The lowest BCUT2D eigenvalue weighted by atomic mass is 10.0. The van der Waals surface area contributed by atoms with Gasteiger partial charge in [0.2, 0.25) is 0 Å². The van der Waals surface area contributed by atoms with E-state index in [1.54, 1.807) is 0 Å². The van der Waals surface area contributed by atoms with Crippen molar-refractivity contribution in [2.24, 2.45) is 0 Å². The number of fused-ring (bicyclic) bond motifs is 4. The third-order valence-corrected chi connectivity index (χ3v) is 9.35. The van der Waals surface area contributed by atoms with Gasteiger partial charge in [-0.3, -0.25) is 4.57 Å². The summed E-state index contributed by atoms with van der Waals surface area (Å²) < 4.78 is 4.89. The molecule has 4 nitrogen and oxygen atoms in total. The lowest BCUT2D eigenvalue weighted by Gasteiger charge is -2.14. The van der Waals surface area contributed by atoms with E-state index >= 15 is 0 Å². The van der Waals surface area contributed by atoms with Crippen molar-refractivity contribution in [3.63, 3.8) is 0 Å². The molecule has 11 rings (SSSR count). The van der Waals surface area contributed by atoms with Crippen molar-refractivity contribution in [1.29, 1.82) is 0 Å². The van der Waals surface area contributed by atoms with Crippen LogP contribution in [-0.4, -0.2) is 18.9 Å². The molecule has 11 aromatic rings. The number of aromatic nitrogens is 4. The maximum absolute atomic E-state index is 5.33. The van der Waals surface area contributed by atoms with E-state index in [0.29, 0.717) is 0 Å². The van der Waals surface area contributed by atoms with Gasteiger partial charge < -0.3 is 4.40 Å². The van der Waals surface area contributed by atoms with Crippen molar-refractivity contribution in [1.82, 2.24) is 18.9 Å². The molecule has 0 amide bonds. The quantitative estimate of drug-likeness (QED) is 0.222. The molecule has 0 aliphatic heterocycles. The zero-order valence-corrected chi connectivity index (χ0v) is 22.3. The second kappa shape index (κ2) is 7.12. The van der Waals surface area contributed by atoms with Gasteiger partial charge in [-0.1, -0.05) is 97.1 Å². The molecule has 5 aromatic heterocycles. The molecule has 0 spiro atoms. The SMILES string of the molecule is c1ccc(-c2nc3ccccc3nc2-n2c3cccc4c5cccc6c7cccc8c9ccc2c(c43)c9n(c56)c78)cc1. The zero-order valence-electron chi connectivity index (χ0n) is 22.3. The van der Waals surface area contributed by atoms with Crippen LogP contribution in [0.1, 0.15) is 0 Å². The maximum Gasteiger partial charge on any atom is 0.165 e. The van der Waals surface area contributed by atoms with Gasteiger partial charge >= 0.3 is 0 Å². The Morgan fingerprint density at radius 1 is 0.405 bits per heavy atom. The topological polar surface area (TPSA) is 35.1 Å². The van der Waals surface area contributed by atoms with Crippen molar-refractivity contribution in [3.05, 3.63) is 121 Å². The van der Waals surface area contributed by atoms with Gasteiger partial charge in [0, 0.05) is 43.3 Å². The lowest BCUT2D eigenvalue weighted by Crippen LogP contribution is -2.03. The van der Waals surface area contributed by atoms with E-state index in [4.69, 9.17) is 9.97 Å². The van der Waals surface area contributed by atoms with Crippen LogP contribution in [0.3, 0.4) is 0 Å². The normalized spacial score (nSPS) is 12.8. The third kappa shape index (κ3) is 2.30. The van der Waals surface area contributed by atoms with E-state index in [-0.39, 0.29) is 0 Å². The Morgan fingerprint density at radius 3 is 1.71 bits per heavy atom. The molecular formula is C38H20N4. The van der Waals surface area contributed by atoms with Crippen LogP contribution in [0.15, 0.2) is 121 Å². The number of hydrogen-bond acceptors (Lipinski definition) is 2. The number of nitrogens with zero attached hydrogens (tertiary/aromatic N) is 4. The van der Waals surface area contributed by atoms with Gasteiger partial charge in [0.05, 0.1) is 38.6 Å². The van der Waals surface area contributed by atoms with Crippen LogP contribution in [0.4, 0.5) is 0 Å². The van der Waals surface area contributed by atoms with Gasteiger partial charge in [-0.2, -0.15) is 0 Å². The first-order valence-electron chi connectivity index (χ1n) is 14.4. The van der Waals surface area contributed by atoms with E-state index in [1.807, 2.05) is 24.3 Å². The van der Waals surface area contributed by atoms with Crippen molar-refractivity contribution < 1.29 is 0 Å². The van der Waals surface area contributed by atoms with E-state index in [1.165, 1.54) is 59.6 Å². The average Bonchev–Trinajstić information content (AvgIpc) is 3.66. The van der Waals surface area contributed by atoms with Crippen LogP contribution >= 0.6 is 0 Å². The Bertz CT molecular complexity index is 2840. The fourth-order valence-corrected chi connectivity index (χ4v) is 7.74. The van der Waals surface area contributed by atoms with Crippen molar-refractivity contribution >= 4 is 81.7 Å². The molecular weight excluding hydrogens is 512 g/mol. The van der Waals surface area contributed by atoms with Gasteiger partial charge in [-0.15, -0.1) is 0 Å². The molecule has 192 valence electrons. The number of hydrogen-bond donors (Lipinski definition) is 0. The van der Waals surface area contributed by atoms with Gasteiger partial charge in [0.1, 0.15) is 5.69 Å². The highest BCUT2D eigenvalue weighted by Gasteiger charge is 2.27. The van der Waals surface area contributed by atoms with Crippen LogP contribution in [0.2, 0.25) is 0 Å². The first-order valence-corrected chi connectivity index (χ1v) is 14.4. The first kappa shape index (κ1) is 21.1. The third-order valence-electron chi connectivity index (χ3n) is 9.35. The average molecular weight is 533 g/mol. The molecule has 6 aromatic carbocycles. The highest BCUT2D eigenvalue weighted by atomic mass is 15.1. The molecule has 4 heteroatoms. The van der Waals surface area contributed by atoms with Gasteiger partial charge in [-0.25, -0.2) is 9.97 Å². The Kier molecular flexibility index (Phi) is 3.57. The summed E-state index contributed by atoms with van der Waals surface area (Å²) in [4.78, 5) is 10.6. The van der Waals surface area contributed by atoms with Crippen molar-refractivity contribution in [2.45, 2.75) is 0 Å². The second-order valence-electron chi connectivity index (χ2n) is 11.4. The largest absolute Gasteiger partial charge is 0.307 e. The molecule has 0 bridgehead atoms. The minimum Gasteiger partial charge on any atom is -0.307 e. The van der Waals surface area contributed by atoms with Gasteiger partial charge in [0.25, 0.3) is 0 Å². The van der Waals surface area contributed by atoms with Crippen molar-refractivity contribution in [3.8, 4) is 17.1 Å². The summed E-state index contributed by atoms with van der Waals surface area (Å²) in [7, 11) is 0. The molecule has 42 heavy (non-hydrogen) atoms. The summed E-state index contributed by atoms with van der Waals surface area (Å²) in [5.74, 6) is 0.851. The first-order chi connectivity index (χ1) is 20.9. The van der Waals surface area contributed by atoms with E-state index in [0.717, 1.165) is 39.1 Å². The molecule has 0 N–H and O–H groups in total. The minimum atomic E-state index is 0.851. The Labute approximate surface area is 238 Å². The number of rotatable bonds is 2. The van der Waals surface area contributed by atoms with E-state index in [9.17, 15) is 0 Å². The highest BCUT2D eigenvalue weighted by molar-refractivity contribution is 6.37. The fraction of sp³-hybridized carbons (Fsp3) is 0. The molecule has 0 saturated heterocycles. The molecule has 0 atom stereocenters. The van der Waals surface area contributed by atoms with Crippen LogP contribution < -0.4 is 0 Å². The van der Waals surface area contributed by atoms with Crippen LogP contribution in [0.5, 0.6) is 0 Å². The summed E-state index contributed by atoms with van der Waals surface area (Å²) in [6, 6.07) is 43.5. The maximum atomic E-state index is 5.33. The fourth-order valence-electron chi connectivity index (χ4n) is 7.74. The standard InChI is InChI=1S/C38H20N4/c1-2-9-21(10-3-1)34-38(40-29-17-5-4-16-28(29)39-34)41-30-18-8-11-22-23-12-6-13-24-25-14-7-15-26-27-19-20-31(41)33(32(22)30)37(27)42(35(23)24)36(25)26/h1-20H. The Balaban J connectivity index is 1.44. The van der Waals surface area contributed by atoms with E-state index < -0.39 is 0 Å². The Morgan fingerprint density at radius 2 is 0.976 bits per heavy atom. The summed E-state index contributed by atoms with van der Waals surface area (Å²) in [5, 5.41) is 10.3. The summed E-state index contributed by atoms with van der Waals surface area (Å²) >= 11 is 0. The zero-order chi connectivity index (χ0) is 27.1. The molecule has 0 aliphatic carbocycles. The number of benzene rings is 6. The molecule has 0 saturated carbocycles. The second-order valence-corrected chi connectivity index (χ2v) is 11.4. The summed E-state index contributed by atoms with van der Waals surface area (Å²) in [6.45, 7) is 0. The van der Waals surface area contributed by atoms with Gasteiger partial charge in [0.15, 0.2) is 5.82 Å². The predicted molar refractivity (Wildman–Crippen MR) is 174 cm³/mol. The monoisotopic (exact) mass is 532 g/mol.